The zero-order chi connectivity index (χ0) is 18.4. The summed E-state index contributed by atoms with van der Waals surface area (Å²) in [5.74, 6) is -0.613. The van der Waals surface area contributed by atoms with Crippen LogP contribution in [0, 0.1) is 0 Å². The van der Waals surface area contributed by atoms with Crippen molar-refractivity contribution in [3.8, 4) is 10.6 Å². The van der Waals surface area contributed by atoms with Crippen LogP contribution >= 0.6 is 11.3 Å². The number of pyridine rings is 1. The highest BCUT2D eigenvalue weighted by atomic mass is 32.1. The molecule has 0 spiro atoms. The van der Waals surface area contributed by atoms with Crippen LogP contribution in [-0.2, 0) is 16.0 Å². The second-order valence-corrected chi connectivity index (χ2v) is 6.27. The number of rotatable bonds is 6. The Hall–Kier alpha value is -3.06. The van der Waals surface area contributed by atoms with Crippen LogP contribution in [0.1, 0.15) is 23.0 Å². The van der Waals surface area contributed by atoms with Gasteiger partial charge in [-0.2, -0.15) is 0 Å². The van der Waals surface area contributed by atoms with Crippen molar-refractivity contribution in [3.63, 3.8) is 0 Å². The zero-order valence-corrected chi connectivity index (χ0v) is 15.0. The fourth-order valence-corrected chi connectivity index (χ4v) is 3.13. The largest absolute Gasteiger partial charge is 0.462 e. The third-order valence-electron chi connectivity index (χ3n) is 3.46. The van der Waals surface area contributed by atoms with Gasteiger partial charge in [-0.25, -0.2) is 9.78 Å². The molecule has 3 rings (SSSR count). The molecule has 0 aliphatic heterocycles. The first kappa shape index (κ1) is 17.8. The Morgan fingerprint density at radius 2 is 2.12 bits per heavy atom. The molecule has 0 atom stereocenters. The molecule has 0 saturated carbocycles. The first-order chi connectivity index (χ1) is 12.7. The molecular weight excluding hydrogens is 350 g/mol. The van der Waals surface area contributed by atoms with E-state index in [0.29, 0.717) is 23.6 Å². The average Bonchev–Trinajstić information content (AvgIpc) is 3.11. The van der Waals surface area contributed by atoms with Gasteiger partial charge in [0.05, 0.1) is 24.3 Å². The van der Waals surface area contributed by atoms with E-state index in [-0.39, 0.29) is 12.3 Å². The number of esters is 1. The maximum Gasteiger partial charge on any atom is 0.338 e. The van der Waals surface area contributed by atoms with Crippen LogP contribution in [0.2, 0.25) is 0 Å². The SMILES string of the molecule is CCOC(=O)c1cccc(NC(=O)Cc2csc(-c3cccnc3)n2)c1. The summed E-state index contributed by atoms with van der Waals surface area (Å²) in [6.07, 6.45) is 3.60. The molecule has 3 aromatic rings. The van der Waals surface area contributed by atoms with E-state index < -0.39 is 5.97 Å². The van der Waals surface area contributed by atoms with Crippen LogP contribution in [0.4, 0.5) is 5.69 Å². The summed E-state index contributed by atoms with van der Waals surface area (Å²) >= 11 is 1.47. The van der Waals surface area contributed by atoms with Gasteiger partial charge >= 0.3 is 5.97 Å². The van der Waals surface area contributed by atoms with Crippen molar-refractivity contribution >= 4 is 28.9 Å². The maximum absolute atomic E-state index is 12.3. The van der Waals surface area contributed by atoms with Crippen molar-refractivity contribution in [1.29, 1.82) is 0 Å². The van der Waals surface area contributed by atoms with Gasteiger partial charge in [0.1, 0.15) is 5.01 Å². The van der Waals surface area contributed by atoms with Crippen molar-refractivity contribution in [2.45, 2.75) is 13.3 Å². The lowest BCUT2D eigenvalue weighted by atomic mass is 10.2. The monoisotopic (exact) mass is 367 g/mol. The summed E-state index contributed by atoms with van der Waals surface area (Å²) in [5, 5.41) is 5.46. The normalized spacial score (nSPS) is 10.3. The zero-order valence-electron chi connectivity index (χ0n) is 14.1. The van der Waals surface area contributed by atoms with Crippen molar-refractivity contribution in [2.24, 2.45) is 0 Å². The Morgan fingerprint density at radius 1 is 1.23 bits per heavy atom. The Bertz CT molecular complexity index is 909. The van der Waals surface area contributed by atoms with E-state index in [1.807, 2.05) is 17.5 Å². The molecule has 26 heavy (non-hydrogen) atoms. The molecule has 0 aliphatic rings. The minimum atomic E-state index is -0.413. The Balaban J connectivity index is 1.64. The van der Waals surface area contributed by atoms with E-state index in [1.165, 1.54) is 11.3 Å². The lowest BCUT2D eigenvalue weighted by Crippen LogP contribution is -2.15. The number of anilines is 1. The van der Waals surface area contributed by atoms with E-state index in [1.54, 1.807) is 43.6 Å². The standard InChI is InChI=1S/C19H17N3O3S/c1-2-25-19(24)13-5-3-7-15(9-13)21-17(23)10-16-12-26-18(22-16)14-6-4-8-20-11-14/h3-9,11-12H,2,10H2,1H3,(H,21,23). The highest BCUT2D eigenvalue weighted by Crippen LogP contribution is 2.23. The van der Waals surface area contributed by atoms with E-state index in [0.717, 1.165) is 10.6 Å². The fraction of sp³-hybridized carbons (Fsp3) is 0.158. The lowest BCUT2D eigenvalue weighted by molar-refractivity contribution is -0.115. The molecule has 2 aromatic heterocycles. The minimum Gasteiger partial charge on any atom is -0.462 e. The third-order valence-corrected chi connectivity index (χ3v) is 4.40. The van der Waals surface area contributed by atoms with Crippen LogP contribution in [-0.4, -0.2) is 28.5 Å². The molecule has 1 amide bonds. The predicted molar refractivity (Wildman–Crippen MR) is 100 cm³/mol. The van der Waals surface area contributed by atoms with Gasteiger partial charge < -0.3 is 10.1 Å². The van der Waals surface area contributed by atoms with E-state index in [9.17, 15) is 9.59 Å². The second-order valence-electron chi connectivity index (χ2n) is 5.41. The summed E-state index contributed by atoms with van der Waals surface area (Å²) < 4.78 is 4.96. The van der Waals surface area contributed by atoms with Gasteiger partial charge in [0.2, 0.25) is 5.91 Å². The number of thiazole rings is 1. The summed E-state index contributed by atoms with van der Waals surface area (Å²) in [4.78, 5) is 32.6. The number of amides is 1. The number of nitrogens with zero attached hydrogens (tertiary/aromatic N) is 2. The first-order valence-corrected chi connectivity index (χ1v) is 8.95. The van der Waals surface area contributed by atoms with Crippen LogP contribution in [0.5, 0.6) is 0 Å². The Morgan fingerprint density at radius 3 is 2.88 bits per heavy atom. The molecule has 0 unspecified atom stereocenters. The van der Waals surface area contributed by atoms with Gasteiger partial charge in [0.15, 0.2) is 0 Å². The molecule has 7 heteroatoms. The van der Waals surface area contributed by atoms with E-state index in [4.69, 9.17) is 4.74 Å². The van der Waals surface area contributed by atoms with Gasteiger partial charge in [-0.1, -0.05) is 6.07 Å². The molecule has 0 bridgehead atoms. The molecule has 1 N–H and O–H groups in total. The predicted octanol–water partition coefficient (Wildman–Crippen LogP) is 3.56. The Labute approximate surface area is 154 Å². The van der Waals surface area contributed by atoms with Crippen LogP contribution in [0.3, 0.4) is 0 Å². The summed E-state index contributed by atoms with van der Waals surface area (Å²) in [7, 11) is 0. The van der Waals surface area contributed by atoms with Gasteiger partial charge in [0, 0.05) is 29.0 Å². The van der Waals surface area contributed by atoms with Gasteiger partial charge in [-0.3, -0.25) is 9.78 Å². The minimum absolute atomic E-state index is 0.153. The van der Waals surface area contributed by atoms with E-state index in [2.05, 4.69) is 15.3 Å². The number of aromatic nitrogens is 2. The molecular formula is C19H17N3O3S. The first-order valence-electron chi connectivity index (χ1n) is 8.07. The molecule has 132 valence electrons. The highest BCUT2D eigenvalue weighted by Gasteiger charge is 2.11. The summed E-state index contributed by atoms with van der Waals surface area (Å²) in [6, 6.07) is 10.4. The molecule has 1 aromatic carbocycles. The molecule has 6 nitrogen and oxygen atoms in total. The molecule has 0 aliphatic carbocycles. The molecule has 0 fully saturated rings. The molecule has 0 saturated heterocycles. The van der Waals surface area contributed by atoms with E-state index >= 15 is 0 Å². The van der Waals surface area contributed by atoms with Crippen molar-refractivity contribution in [1.82, 2.24) is 9.97 Å². The van der Waals surface area contributed by atoms with Crippen LogP contribution < -0.4 is 5.32 Å². The molecule has 2 heterocycles. The molecule has 0 radical (unpaired) electrons. The Kier molecular flexibility index (Phi) is 5.70. The number of carbonyl (C=O) groups is 2. The topological polar surface area (TPSA) is 81.2 Å². The second kappa shape index (κ2) is 8.35. The number of ether oxygens (including phenoxy) is 1. The van der Waals surface area contributed by atoms with Crippen LogP contribution in [0.25, 0.3) is 10.6 Å². The summed E-state index contributed by atoms with van der Waals surface area (Å²) in [5.41, 5.74) is 2.56. The van der Waals surface area contributed by atoms with Crippen molar-refractivity contribution in [3.05, 3.63) is 65.4 Å². The highest BCUT2D eigenvalue weighted by molar-refractivity contribution is 7.13. The van der Waals surface area contributed by atoms with Crippen molar-refractivity contribution < 1.29 is 14.3 Å². The number of carbonyl (C=O) groups excluding carboxylic acids is 2. The van der Waals surface area contributed by atoms with Crippen molar-refractivity contribution in [2.75, 3.05) is 11.9 Å². The number of benzene rings is 1. The third kappa shape index (κ3) is 4.52. The van der Waals surface area contributed by atoms with Crippen LogP contribution in [0.15, 0.2) is 54.2 Å². The average molecular weight is 367 g/mol. The maximum atomic E-state index is 12.3. The van der Waals surface area contributed by atoms with Gasteiger partial charge in [-0.15, -0.1) is 11.3 Å². The number of hydrogen-bond acceptors (Lipinski definition) is 6. The fourth-order valence-electron chi connectivity index (χ4n) is 2.32. The lowest BCUT2D eigenvalue weighted by Gasteiger charge is -2.06. The number of hydrogen-bond donors (Lipinski definition) is 1. The van der Waals surface area contributed by atoms with Gasteiger partial charge in [-0.05, 0) is 37.3 Å². The number of nitrogens with one attached hydrogen (secondary N) is 1. The quantitative estimate of drug-likeness (QED) is 0.674. The summed E-state index contributed by atoms with van der Waals surface area (Å²) in [6.45, 7) is 2.05. The van der Waals surface area contributed by atoms with Gasteiger partial charge in [0.25, 0.3) is 0 Å². The smallest absolute Gasteiger partial charge is 0.338 e.